The topological polar surface area (TPSA) is 52.9 Å². The van der Waals surface area contributed by atoms with Gasteiger partial charge in [-0.05, 0) is 28.2 Å². The largest absolute Gasteiger partial charge is 0.479 e. The van der Waals surface area contributed by atoms with Crippen LogP contribution in [0.2, 0.25) is 0 Å². The monoisotopic (exact) mass is 438 g/mol. The fourth-order valence-electron chi connectivity index (χ4n) is 5.71. The normalized spacial score (nSPS) is 20.9. The molecule has 1 fully saturated rings. The van der Waals surface area contributed by atoms with Crippen molar-refractivity contribution in [3.8, 4) is 0 Å². The lowest BCUT2D eigenvalue weighted by Crippen LogP contribution is -2.62. The van der Waals surface area contributed by atoms with Crippen molar-refractivity contribution < 1.29 is 9.90 Å². The summed E-state index contributed by atoms with van der Waals surface area (Å²) in [6, 6.07) is 28.9. The highest BCUT2D eigenvalue weighted by molar-refractivity contribution is 5.95. The Labute approximate surface area is 194 Å². The maximum absolute atomic E-state index is 13.0. The van der Waals surface area contributed by atoms with Gasteiger partial charge in [0.15, 0.2) is 5.54 Å². The summed E-state index contributed by atoms with van der Waals surface area (Å²) in [4.78, 5) is 20.3. The van der Waals surface area contributed by atoms with E-state index in [4.69, 9.17) is 4.99 Å². The Kier molecular flexibility index (Phi) is 5.21. The van der Waals surface area contributed by atoms with Gasteiger partial charge in [-0.3, -0.25) is 9.89 Å². The highest BCUT2D eigenvalue weighted by Crippen LogP contribution is 2.48. The van der Waals surface area contributed by atoms with Gasteiger partial charge in [0.2, 0.25) is 0 Å². The highest BCUT2D eigenvalue weighted by atomic mass is 16.4. The van der Waals surface area contributed by atoms with Gasteiger partial charge in [-0.15, -0.1) is 0 Å². The quantitative estimate of drug-likeness (QED) is 0.654. The molecule has 2 heterocycles. The van der Waals surface area contributed by atoms with Crippen molar-refractivity contribution in [3.63, 3.8) is 0 Å². The molecule has 3 aromatic rings. The number of fused-ring (bicyclic) bond motifs is 1. The molecule has 4 heteroatoms. The van der Waals surface area contributed by atoms with Crippen molar-refractivity contribution >= 4 is 11.5 Å². The van der Waals surface area contributed by atoms with Gasteiger partial charge in [0, 0.05) is 24.2 Å². The van der Waals surface area contributed by atoms with E-state index in [9.17, 15) is 9.90 Å². The van der Waals surface area contributed by atoms with Gasteiger partial charge >= 0.3 is 5.97 Å². The number of para-hydroxylation sites is 1. The van der Waals surface area contributed by atoms with Crippen LogP contribution in [0.4, 0.5) is 0 Å². The first-order valence-corrected chi connectivity index (χ1v) is 11.6. The zero-order valence-corrected chi connectivity index (χ0v) is 19.4. The summed E-state index contributed by atoms with van der Waals surface area (Å²) in [5, 5.41) is 12.4. The van der Waals surface area contributed by atoms with Gasteiger partial charge in [0.25, 0.3) is 0 Å². The first kappa shape index (κ1) is 21.6. The fourth-order valence-corrected chi connectivity index (χ4v) is 5.71. The van der Waals surface area contributed by atoms with Gasteiger partial charge in [0.1, 0.15) is 0 Å². The number of aliphatic carboxylic acids is 1. The van der Waals surface area contributed by atoms with Crippen LogP contribution in [0, 0.1) is 11.3 Å². The number of likely N-dealkylation sites (tertiary alicyclic amines) is 1. The van der Waals surface area contributed by atoms with Crippen molar-refractivity contribution in [2.75, 3.05) is 13.1 Å². The predicted octanol–water partition coefficient (Wildman–Crippen LogP) is 4.06. The molecule has 1 atom stereocenters. The van der Waals surface area contributed by atoms with Crippen molar-refractivity contribution in [2.45, 2.75) is 32.4 Å². The number of carboxylic acids is 1. The average molecular weight is 439 g/mol. The third-order valence-corrected chi connectivity index (χ3v) is 7.02. The van der Waals surface area contributed by atoms with E-state index < -0.39 is 11.5 Å². The smallest absolute Gasteiger partial charge is 0.336 e. The third-order valence-electron chi connectivity index (χ3n) is 7.02. The van der Waals surface area contributed by atoms with E-state index in [1.807, 2.05) is 36.4 Å². The maximum atomic E-state index is 13.0. The second-order valence-electron chi connectivity index (χ2n) is 10.2. The zero-order valence-electron chi connectivity index (χ0n) is 19.4. The van der Waals surface area contributed by atoms with Crippen LogP contribution in [0.25, 0.3) is 5.57 Å². The number of benzene rings is 3. The highest BCUT2D eigenvalue weighted by Gasteiger charge is 2.58. The van der Waals surface area contributed by atoms with Crippen molar-refractivity contribution in [3.05, 3.63) is 107 Å². The third kappa shape index (κ3) is 3.50. The van der Waals surface area contributed by atoms with Crippen LogP contribution < -0.4 is 10.6 Å². The second kappa shape index (κ2) is 7.96. The van der Waals surface area contributed by atoms with Gasteiger partial charge in [-0.25, -0.2) is 4.79 Å². The zero-order chi connectivity index (χ0) is 23.2. The van der Waals surface area contributed by atoms with Crippen molar-refractivity contribution in [1.29, 1.82) is 0 Å². The predicted molar refractivity (Wildman–Crippen MR) is 130 cm³/mol. The van der Waals surface area contributed by atoms with Gasteiger partial charge in [-0.1, -0.05) is 99.6 Å². The molecule has 0 aromatic heterocycles. The standard InChI is InChI=1S/C29H30N2O2/c1-28(2,3)26-23-16-10-11-17-24(23)30-29(26,27(32)33)22-18-31(19-22)25(20-12-6-4-7-13-20)21-14-8-5-9-15-21/h4-17,22,25H,18-19H2,1-3H3,(H,32,33). The molecule has 0 bridgehead atoms. The Morgan fingerprint density at radius 2 is 1.42 bits per heavy atom. The van der Waals surface area contributed by atoms with Gasteiger partial charge in [-0.2, -0.15) is 0 Å². The molecular formula is C29H30N2O2. The van der Waals surface area contributed by atoms with Crippen LogP contribution in [-0.2, 0) is 4.79 Å². The number of carboxylic acid groups (broad SMARTS) is 1. The Hall–Kier alpha value is -3.24. The average Bonchev–Trinajstić information content (AvgIpc) is 3.13. The Morgan fingerprint density at radius 3 is 1.94 bits per heavy atom. The van der Waals surface area contributed by atoms with Gasteiger partial charge in [0.05, 0.1) is 11.4 Å². The second-order valence-corrected chi connectivity index (χ2v) is 10.2. The number of carbonyl (C=O) groups is 1. The lowest BCUT2D eigenvalue weighted by atomic mass is 9.66. The molecule has 2 aliphatic rings. The molecule has 1 N–H and O–H groups in total. The number of rotatable bonds is 5. The van der Waals surface area contributed by atoms with E-state index in [1.165, 1.54) is 11.1 Å². The summed E-state index contributed by atoms with van der Waals surface area (Å²) in [5.41, 5.74) is 1.83. The fraction of sp³-hybridized carbons (Fsp3) is 0.310. The van der Waals surface area contributed by atoms with E-state index in [2.05, 4.69) is 74.2 Å². The molecule has 168 valence electrons. The lowest BCUT2D eigenvalue weighted by molar-refractivity contribution is -0.146. The molecular weight excluding hydrogens is 408 g/mol. The SMILES string of the molecule is CC(C)(C)C1=c2ccccc2=NC1(C(=O)O)C1CN(C(c2ccccc2)c2ccccc2)C1. The molecule has 1 saturated heterocycles. The lowest BCUT2D eigenvalue weighted by Gasteiger charge is -2.51. The minimum atomic E-state index is -1.23. The minimum Gasteiger partial charge on any atom is -0.479 e. The molecule has 0 radical (unpaired) electrons. The molecule has 0 aliphatic carbocycles. The minimum absolute atomic E-state index is 0.0912. The molecule has 0 amide bonds. The van der Waals surface area contributed by atoms with Crippen LogP contribution in [0.15, 0.2) is 89.9 Å². The van der Waals surface area contributed by atoms with E-state index in [-0.39, 0.29) is 17.4 Å². The van der Waals surface area contributed by atoms with Crippen molar-refractivity contribution in [1.82, 2.24) is 4.90 Å². The first-order valence-electron chi connectivity index (χ1n) is 11.6. The van der Waals surface area contributed by atoms with Crippen LogP contribution in [0.3, 0.4) is 0 Å². The summed E-state index contributed by atoms with van der Waals surface area (Å²) >= 11 is 0. The van der Waals surface area contributed by atoms with E-state index in [0.717, 1.165) is 16.1 Å². The van der Waals surface area contributed by atoms with Crippen LogP contribution in [0.1, 0.15) is 37.9 Å². The van der Waals surface area contributed by atoms with E-state index in [0.29, 0.717) is 13.1 Å². The Morgan fingerprint density at radius 1 is 0.909 bits per heavy atom. The Bertz CT molecular complexity index is 1250. The number of hydrogen-bond donors (Lipinski definition) is 1. The van der Waals surface area contributed by atoms with E-state index >= 15 is 0 Å². The molecule has 1 unspecified atom stereocenters. The summed E-state index contributed by atoms with van der Waals surface area (Å²) < 4.78 is 0. The molecule has 0 spiro atoms. The Balaban J connectivity index is 1.55. The van der Waals surface area contributed by atoms with Crippen LogP contribution in [-0.4, -0.2) is 34.6 Å². The van der Waals surface area contributed by atoms with Crippen LogP contribution >= 0.6 is 0 Å². The van der Waals surface area contributed by atoms with Crippen LogP contribution in [0.5, 0.6) is 0 Å². The molecule has 33 heavy (non-hydrogen) atoms. The summed E-state index contributed by atoms with van der Waals surface area (Å²) in [6.07, 6.45) is 0. The first-order chi connectivity index (χ1) is 15.8. The summed E-state index contributed by atoms with van der Waals surface area (Å²) in [6.45, 7) is 7.66. The summed E-state index contributed by atoms with van der Waals surface area (Å²) in [5.74, 6) is -0.934. The van der Waals surface area contributed by atoms with Crippen molar-refractivity contribution in [2.24, 2.45) is 16.3 Å². The number of hydrogen-bond acceptors (Lipinski definition) is 3. The number of nitrogens with zero attached hydrogens (tertiary/aromatic N) is 2. The summed E-state index contributed by atoms with van der Waals surface area (Å²) in [7, 11) is 0. The molecule has 4 nitrogen and oxygen atoms in total. The van der Waals surface area contributed by atoms with E-state index in [1.54, 1.807) is 0 Å². The maximum Gasteiger partial charge on any atom is 0.336 e. The van der Waals surface area contributed by atoms with Gasteiger partial charge < -0.3 is 5.11 Å². The molecule has 0 saturated carbocycles. The molecule has 2 aliphatic heterocycles. The molecule has 3 aromatic carbocycles. The molecule has 5 rings (SSSR count).